The fourth-order valence-corrected chi connectivity index (χ4v) is 3.75. The van der Waals surface area contributed by atoms with Gasteiger partial charge >= 0.3 is 0 Å². The highest BCUT2D eigenvalue weighted by molar-refractivity contribution is 5.76. The quantitative estimate of drug-likeness (QED) is 0.895. The minimum absolute atomic E-state index is 0.120. The Labute approximate surface area is 159 Å². The number of nitrogens with one attached hydrogen (secondary N) is 1. The normalized spacial score (nSPS) is 19.0. The van der Waals surface area contributed by atoms with Crippen LogP contribution in [0.15, 0.2) is 24.3 Å². The summed E-state index contributed by atoms with van der Waals surface area (Å²) in [7, 11) is 0. The fourth-order valence-electron chi connectivity index (χ4n) is 3.75. The number of piperidine rings is 1. The van der Waals surface area contributed by atoms with Gasteiger partial charge in [-0.1, -0.05) is 0 Å². The minimum atomic E-state index is 0.120. The minimum Gasteiger partial charge on any atom is -0.486 e. The molecule has 0 saturated carbocycles. The molecule has 1 N–H and O–H groups in total. The van der Waals surface area contributed by atoms with Gasteiger partial charge in [-0.2, -0.15) is 5.10 Å². The molecule has 3 heterocycles. The number of likely N-dealkylation sites (tertiary alicyclic amines) is 1. The lowest BCUT2D eigenvalue weighted by Gasteiger charge is -2.34. The Kier molecular flexibility index (Phi) is 4.92. The smallest absolute Gasteiger partial charge is 0.244 e. The number of hydrogen-bond acceptors (Lipinski definition) is 5. The number of carbonyl (C=O) groups is 1. The third-order valence-electron chi connectivity index (χ3n) is 5.08. The number of hydrogen-bond donors (Lipinski definition) is 1. The largest absolute Gasteiger partial charge is 0.486 e. The summed E-state index contributed by atoms with van der Waals surface area (Å²) in [5.74, 6) is 1.69. The summed E-state index contributed by atoms with van der Waals surface area (Å²) < 4.78 is 13.0. The van der Waals surface area contributed by atoms with Gasteiger partial charge in [0.2, 0.25) is 5.91 Å². The third kappa shape index (κ3) is 4.02. The van der Waals surface area contributed by atoms with Crippen LogP contribution in [0.2, 0.25) is 0 Å². The monoisotopic (exact) mass is 370 g/mol. The molecule has 7 heteroatoms. The van der Waals surface area contributed by atoms with Crippen LogP contribution in [0.1, 0.15) is 24.2 Å². The molecule has 1 aromatic heterocycles. The van der Waals surface area contributed by atoms with Crippen LogP contribution in [0.25, 0.3) is 0 Å². The predicted octanol–water partition coefficient (Wildman–Crippen LogP) is 2.37. The molecule has 2 aliphatic heterocycles. The van der Waals surface area contributed by atoms with Crippen molar-refractivity contribution in [2.24, 2.45) is 0 Å². The van der Waals surface area contributed by atoms with Crippen LogP contribution in [-0.2, 0) is 11.3 Å². The van der Waals surface area contributed by atoms with Crippen LogP contribution >= 0.6 is 0 Å². The zero-order chi connectivity index (χ0) is 18.8. The molecule has 1 atom stereocenters. The summed E-state index contributed by atoms with van der Waals surface area (Å²) in [4.78, 5) is 14.7. The first-order chi connectivity index (χ1) is 13.1. The maximum atomic E-state index is 12.7. The van der Waals surface area contributed by atoms with Crippen molar-refractivity contribution in [2.45, 2.75) is 39.3 Å². The van der Waals surface area contributed by atoms with E-state index in [-0.39, 0.29) is 11.9 Å². The summed E-state index contributed by atoms with van der Waals surface area (Å²) in [6, 6.07) is 8.14. The fraction of sp³-hybridized carbons (Fsp3) is 0.500. The number of carbonyl (C=O) groups excluding carboxylic acids is 1. The Morgan fingerprint density at radius 2 is 2.04 bits per heavy atom. The topological polar surface area (TPSA) is 68.6 Å². The maximum absolute atomic E-state index is 12.7. The zero-order valence-corrected chi connectivity index (χ0v) is 15.9. The van der Waals surface area contributed by atoms with E-state index in [1.807, 2.05) is 43.0 Å². The van der Waals surface area contributed by atoms with Gasteiger partial charge in [0.15, 0.2) is 11.5 Å². The van der Waals surface area contributed by atoms with Gasteiger partial charge in [-0.15, -0.1) is 0 Å². The number of amides is 1. The first-order valence-electron chi connectivity index (χ1n) is 9.53. The Balaban J connectivity index is 1.37. The molecule has 0 unspecified atom stereocenters. The van der Waals surface area contributed by atoms with E-state index in [1.165, 1.54) is 0 Å². The number of anilines is 1. The molecular weight excluding hydrogens is 344 g/mol. The van der Waals surface area contributed by atoms with Crippen LogP contribution in [-0.4, -0.2) is 52.9 Å². The predicted molar refractivity (Wildman–Crippen MR) is 102 cm³/mol. The molecule has 0 radical (unpaired) electrons. The van der Waals surface area contributed by atoms with Crippen LogP contribution in [0.3, 0.4) is 0 Å². The van der Waals surface area contributed by atoms with Gasteiger partial charge in [0.05, 0.1) is 5.69 Å². The van der Waals surface area contributed by atoms with Crippen molar-refractivity contribution in [3.8, 4) is 11.5 Å². The van der Waals surface area contributed by atoms with Crippen LogP contribution in [0, 0.1) is 13.8 Å². The Morgan fingerprint density at radius 1 is 1.22 bits per heavy atom. The van der Waals surface area contributed by atoms with E-state index in [0.717, 1.165) is 48.0 Å². The number of ether oxygens (including phenoxy) is 2. The van der Waals surface area contributed by atoms with E-state index in [2.05, 4.69) is 10.4 Å². The zero-order valence-electron chi connectivity index (χ0n) is 15.9. The van der Waals surface area contributed by atoms with E-state index in [9.17, 15) is 4.79 Å². The van der Waals surface area contributed by atoms with Gasteiger partial charge in [0, 0.05) is 36.6 Å². The number of fused-ring (bicyclic) bond motifs is 1. The van der Waals surface area contributed by atoms with Crippen molar-refractivity contribution in [1.29, 1.82) is 0 Å². The molecule has 0 bridgehead atoms. The number of benzene rings is 1. The van der Waals surface area contributed by atoms with Gasteiger partial charge in [0.25, 0.3) is 0 Å². The van der Waals surface area contributed by atoms with Crippen molar-refractivity contribution in [3.05, 3.63) is 35.7 Å². The van der Waals surface area contributed by atoms with Gasteiger partial charge in [-0.25, -0.2) is 0 Å². The lowest BCUT2D eigenvalue weighted by molar-refractivity contribution is -0.133. The van der Waals surface area contributed by atoms with Gasteiger partial charge < -0.3 is 19.7 Å². The van der Waals surface area contributed by atoms with Crippen molar-refractivity contribution < 1.29 is 14.3 Å². The SMILES string of the molecule is Cc1cc(C)n(CC(=O)N2CCC[C@@H](Nc3ccc4c(c3)OCCO4)C2)n1. The summed E-state index contributed by atoms with van der Waals surface area (Å²) in [6.45, 7) is 6.90. The highest BCUT2D eigenvalue weighted by atomic mass is 16.6. The highest BCUT2D eigenvalue weighted by Crippen LogP contribution is 2.33. The molecule has 1 saturated heterocycles. The summed E-state index contributed by atoms with van der Waals surface area (Å²) >= 11 is 0. The van der Waals surface area contributed by atoms with Crippen molar-refractivity contribution in [1.82, 2.24) is 14.7 Å². The molecule has 1 amide bonds. The number of rotatable bonds is 4. The van der Waals surface area contributed by atoms with E-state index >= 15 is 0 Å². The van der Waals surface area contributed by atoms with Crippen molar-refractivity contribution >= 4 is 11.6 Å². The van der Waals surface area contributed by atoms with Gasteiger partial charge in [0.1, 0.15) is 19.8 Å². The lowest BCUT2D eigenvalue weighted by atomic mass is 10.0. The average molecular weight is 370 g/mol. The molecule has 2 aliphatic rings. The van der Waals surface area contributed by atoms with E-state index < -0.39 is 0 Å². The van der Waals surface area contributed by atoms with Crippen LogP contribution in [0.5, 0.6) is 11.5 Å². The highest BCUT2D eigenvalue weighted by Gasteiger charge is 2.24. The third-order valence-corrected chi connectivity index (χ3v) is 5.08. The van der Waals surface area contributed by atoms with Crippen LogP contribution < -0.4 is 14.8 Å². The second-order valence-electron chi connectivity index (χ2n) is 7.27. The Hall–Kier alpha value is -2.70. The number of aromatic nitrogens is 2. The molecular formula is C20H26N4O3. The molecule has 1 aromatic carbocycles. The van der Waals surface area contributed by atoms with Crippen molar-refractivity contribution in [3.63, 3.8) is 0 Å². The average Bonchev–Trinajstić information content (AvgIpc) is 2.98. The van der Waals surface area contributed by atoms with Gasteiger partial charge in [-0.3, -0.25) is 9.48 Å². The second-order valence-corrected chi connectivity index (χ2v) is 7.27. The first-order valence-corrected chi connectivity index (χ1v) is 9.53. The van der Waals surface area contributed by atoms with Gasteiger partial charge in [-0.05, 0) is 44.9 Å². The second kappa shape index (κ2) is 7.50. The van der Waals surface area contributed by atoms with E-state index in [0.29, 0.717) is 26.3 Å². The lowest BCUT2D eigenvalue weighted by Crippen LogP contribution is -2.46. The standard InChI is InChI=1S/C20H26N4O3/c1-14-10-15(2)24(22-14)13-20(25)23-7-3-4-17(12-23)21-16-5-6-18-19(11-16)27-9-8-26-18/h5-6,10-11,17,21H,3-4,7-9,12-13H2,1-2H3/t17-/m1/s1. The summed E-state index contributed by atoms with van der Waals surface area (Å²) in [6.07, 6.45) is 2.03. The summed E-state index contributed by atoms with van der Waals surface area (Å²) in [5.41, 5.74) is 2.96. The molecule has 7 nitrogen and oxygen atoms in total. The first kappa shape index (κ1) is 17.7. The molecule has 4 rings (SSSR count). The molecule has 0 aliphatic carbocycles. The van der Waals surface area contributed by atoms with Crippen LogP contribution in [0.4, 0.5) is 5.69 Å². The molecule has 1 fully saturated rings. The van der Waals surface area contributed by atoms with E-state index in [1.54, 1.807) is 4.68 Å². The molecule has 0 spiro atoms. The molecule has 144 valence electrons. The van der Waals surface area contributed by atoms with Crippen molar-refractivity contribution in [2.75, 3.05) is 31.6 Å². The molecule has 27 heavy (non-hydrogen) atoms. The number of aryl methyl sites for hydroxylation is 2. The molecule has 2 aromatic rings. The Bertz CT molecular complexity index is 833. The Morgan fingerprint density at radius 3 is 2.81 bits per heavy atom. The summed E-state index contributed by atoms with van der Waals surface area (Å²) in [5, 5.41) is 7.94. The number of nitrogens with zero attached hydrogens (tertiary/aromatic N) is 3. The van der Waals surface area contributed by atoms with E-state index in [4.69, 9.17) is 9.47 Å². The maximum Gasteiger partial charge on any atom is 0.244 e.